The van der Waals surface area contributed by atoms with E-state index in [1.54, 1.807) is 30.5 Å². The van der Waals surface area contributed by atoms with Crippen LogP contribution in [0.5, 0.6) is 5.75 Å². The molecule has 1 aromatic carbocycles. The number of halogens is 1. The van der Waals surface area contributed by atoms with Crippen LogP contribution in [0, 0.1) is 0 Å². The molecule has 8 heteroatoms. The van der Waals surface area contributed by atoms with Gasteiger partial charge in [0.15, 0.2) is 12.7 Å². The van der Waals surface area contributed by atoms with Crippen molar-refractivity contribution < 1.29 is 24.2 Å². The minimum Gasteiger partial charge on any atom is -0.481 e. The normalized spacial score (nSPS) is 11.9. The van der Waals surface area contributed by atoms with Crippen LogP contribution in [0.1, 0.15) is 0 Å². The van der Waals surface area contributed by atoms with Gasteiger partial charge in [-0.2, -0.15) is 0 Å². The number of nitrogens with one attached hydrogen (secondary N) is 1. The zero-order valence-electron chi connectivity index (χ0n) is 12.3. The molecule has 1 unspecified atom stereocenters. The van der Waals surface area contributed by atoms with Gasteiger partial charge < -0.3 is 19.9 Å². The average Bonchev–Trinajstić information content (AvgIpc) is 2.55. The van der Waals surface area contributed by atoms with Crippen molar-refractivity contribution in [2.45, 2.75) is 6.10 Å². The molecule has 2 N–H and O–H groups in total. The first-order valence-electron chi connectivity index (χ1n) is 6.71. The molecule has 0 saturated carbocycles. The molecule has 0 saturated heterocycles. The van der Waals surface area contributed by atoms with Gasteiger partial charge in [0.1, 0.15) is 11.3 Å². The van der Waals surface area contributed by atoms with Gasteiger partial charge in [-0.25, -0.2) is 4.79 Å². The third-order valence-electron chi connectivity index (χ3n) is 3.08. The second-order valence-corrected chi connectivity index (χ2v) is 5.01. The van der Waals surface area contributed by atoms with E-state index in [1.165, 1.54) is 7.11 Å². The summed E-state index contributed by atoms with van der Waals surface area (Å²) in [5, 5.41) is 12.5. The predicted octanol–water partition coefficient (Wildman–Crippen LogP) is 1.48. The maximum absolute atomic E-state index is 11.7. The van der Waals surface area contributed by atoms with Crippen molar-refractivity contribution in [2.75, 3.05) is 20.3 Å². The minimum atomic E-state index is -1.15. The lowest BCUT2D eigenvalue weighted by atomic mass is 10.2. The number of amides is 1. The molecule has 7 nitrogen and oxygen atoms in total. The molecule has 1 amide bonds. The Hall–Kier alpha value is -2.38. The molecule has 23 heavy (non-hydrogen) atoms. The zero-order valence-corrected chi connectivity index (χ0v) is 13.0. The van der Waals surface area contributed by atoms with Crippen molar-refractivity contribution in [2.24, 2.45) is 0 Å². The summed E-state index contributed by atoms with van der Waals surface area (Å²) in [7, 11) is 1.26. The van der Waals surface area contributed by atoms with E-state index in [4.69, 9.17) is 26.2 Å². The number of carboxylic acid groups (broad SMARTS) is 1. The molecule has 1 atom stereocenters. The van der Waals surface area contributed by atoms with E-state index >= 15 is 0 Å². The third-order valence-corrected chi connectivity index (χ3v) is 3.41. The molecule has 1 heterocycles. The Bertz CT molecular complexity index is 722. The fourth-order valence-electron chi connectivity index (χ4n) is 1.90. The van der Waals surface area contributed by atoms with Gasteiger partial charge in [-0.05, 0) is 24.3 Å². The van der Waals surface area contributed by atoms with E-state index in [-0.39, 0.29) is 13.2 Å². The lowest BCUT2D eigenvalue weighted by Crippen LogP contribution is -2.39. The van der Waals surface area contributed by atoms with Crippen LogP contribution in [-0.2, 0) is 14.3 Å². The molecule has 0 spiro atoms. The van der Waals surface area contributed by atoms with Gasteiger partial charge in [0.2, 0.25) is 0 Å². The Balaban J connectivity index is 1.97. The van der Waals surface area contributed by atoms with Crippen LogP contribution in [0.15, 0.2) is 30.5 Å². The number of carbonyl (C=O) groups excluding carboxylic acids is 1. The number of ether oxygens (including phenoxy) is 2. The highest BCUT2D eigenvalue weighted by Gasteiger charge is 2.17. The smallest absolute Gasteiger partial charge is 0.334 e. The highest BCUT2D eigenvalue weighted by Crippen LogP contribution is 2.29. The lowest BCUT2D eigenvalue weighted by molar-refractivity contribution is -0.148. The van der Waals surface area contributed by atoms with Crippen LogP contribution in [0.4, 0.5) is 0 Å². The highest BCUT2D eigenvalue weighted by molar-refractivity contribution is 6.35. The number of hydrogen-bond donors (Lipinski definition) is 2. The molecule has 0 aliphatic heterocycles. The fourth-order valence-corrected chi connectivity index (χ4v) is 2.12. The lowest BCUT2D eigenvalue weighted by Gasteiger charge is -2.12. The van der Waals surface area contributed by atoms with E-state index in [1.807, 2.05) is 0 Å². The molecule has 0 bridgehead atoms. The molecule has 0 aliphatic carbocycles. The Kier molecular flexibility index (Phi) is 5.72. The van der Waals surface area contributed by atoms with Crippen molar-refractivity contribution >= 4 is 34.4 Å². The fraction of sp³-hybridized carbons (Fsp3) is 0.267. The van der Waals surface area contributed by atoms with Gasteiger partial charge in [0.25, 0.3) is 5.91 Å². The second-order valence-electron chi connectivity index (χ2n) is 4.60. The molecule has 0 fully saturated rings. The number of aliphatic carboxylic acids is 1. The van der Waals surface area contributed by atoms with Crippen molar-refractivity contribution in [1.29, 1.82) is 0 Å². The largest absolute Gasteiger partial charge is 0.481 e. The van der Waals surface area contributed by atoms with Crippen molar-refractivity contribution in [3.05, 3.63) is 35.5 Å². The van der Waals surface area contributed by atoms with Gasteiger partial charge in [-0.1, -0.05) is 11.6 Å². The zero-order chi connectivity index (χ0) is 16.8. The summed E-state index contributed by atoms with van der Waals surface area (Å²) in [6, 6.07) is 6.83. The number of fused-ring (bicyclic) bond motifs is 1. The summed E-state index contributed by atoms with van der Waals surface area (Å²) in [6.07, 6.45) is 0.499. The van der Waals surface area contributed by atoms with Gasteiger partial charge in [0, 0.05) is 18.7 Å². The van der Waals surface area contributed by atoms with Crippen LogP contribution in [-0.4, -0.2) is 48.3 Å². The van der Waals surface area contributed by atoms with E-state index < -0.39 is 18.0 Å². The average molecular weight is 339 g/mol. The number of carboxylic acids is 1. The quantitative estimate of drug-likeness (QED) is 0.793. The van der Waals surface area contributed by atoms with Crippen LogP contribution in [0.3, 0.4) is 0 Å². The third kappa shape index (κ3) is 4.30. The topological polar surface area (TPSA) is 97.8 Å². The molecule has 2 aromatic rings. The maximum Gasteiger partial charge on any atom is 0.334 e. The summed E-state index contributed by atoms with van der Waals surface area (Å²) in [5.74, 6) is -1.20. The van der Waals surface area contributed by atoms with E-state index in [9.17, 15) is 9.59 Å². The number of methoxy groups -OCH3 is 1. The number of aromatic nitrogens is 1. The predicted molar refractivity (Wildman–Crippen MR) is 83.7 cm³/mol. The molecule has 2 rings (SSSR count). The Morgan fingerprint density at radius 1 is 1.39 bits per heavy atom. The van der Waals surface area contributed by atoms with Crippen LogP contribution in [0.25, 0.3) is 10.9 Å². The van der Waals surface area contributed by atoms with Crippen LogP contribution < -0.4 is 10.1 Å². The molecular formula is C15H15ClN2O5. The van der Waals surface area contributed by atoms with Gasteiger partial charge in [0.05, 0.1) is 11.6 Å². The molecular weight excluding hydrogens is 324 g/mol. The summed E-state index contributed by atoms with van der Waals surface area (Å²) in [6.45, 7) is -0.420. The molecule has 1 aromatic heterocycles. The van der Waals surface area contributed by atoms with Gasteiger partial charge in [-0.15, -0.1) is 0 Å². The highest BCUT2D eigenvalue weighted by atomic mass is 35.5. The maximum atomic E-state index is 11.7. The van der Waals surface area contributed by atoms with Gasteiger partial charge in [-0.3, -0.25) is 9.78 Å². The molecule has 0 radical (unpaired) electrons. The van der Waals surface area contributed by atoms with Gasteiger partial charge >= 0.3 is 5.97 Å². The first-order chi connectivity index (χ1) is 11.0. The summed E-state index contributed by atoms with van der Waals surface area (Å²) < 4.78 is 10.2. The van der Waals surface area contributed by atoms with E-state index in [2.05, 4.69) is 10.3 Å². The Morgan fingerprint density at radius 3 is 2.87 bits per heavy atom. The minimum absolute atomic E-state index is 0.145. The summed E-state index contributed by atoms with van der Waals surface area (Å²) in [4.78, 5) is 26.7. The van der Waals surface area contributed by atoms with E-state index in [0.29, 0.717) is 16.3 Å². The SMILES string of the molecule is COC(CNC(=O)COc1ccc(Cl)c2cccnc12)C(=O)O. The monoisotopic (exact) mass is 338 g/mol. The number of rotatable bonds is 7. The van der Waals surface area contributed by atoms with Crippen LogP contribution in [0.2, 0.25) is 5.02 Å². The summed E-state index contributed by atoms with van der Waals surface area (Å²) in [5.41, 5.74) is 0.549. The summed E-state index contributed by atoms with van der Waals surface area (Å²) >= 11 is 6.08. The van der Waals surface area contributed by atoms with Crippen molar-refractivity contribution in [3.8, 4) is 5.75 Å². The molecule has 122 valence electrons. The Morgan fingerprint density at radius 2 is 2.17 bits per heavy atom. The number of hydrogen-bond acceptors (Lipinski definition) is 5. The number of nitrogens with zero attached hydrogens (tertiary/aromatic N) is 1. The number of benzene rings is 1. The standard InChI is InChI=1S/C15H15ClN2O5/c1-22-12(15(20)21)7-18-13(19)8-23-11-5-4-10(16)9-3-2-6-17-14(9)11/h2-6,12H,7-8H2,1H3,(H,18,19)(H,20,21). The van der Waals surface area contributed by atoms with E-state index in [0.717, 1.165) is 5.39 Å². The first kappa shape index (κ1) is 17.0. The van der Waals surface area contributed by atoms with Crippen LogP contribution >= 0.6 is 11.6 Å². The Labute approximate surface area is 137 Å². The van der Waals surface area contributed by atoms with Crippen molar-refractivity contribution in [3.63, 3.8) is 0 Å². The molecule has 0 aliphatic rings. The first-order valence-corrected chi connectivity index (χ1v) is 7.09. The number of pyridine rings is 1. The van der Waals surface area contributed by atoms with Crippen molar-refractivity contribution in [1.82, 2.24) is 10.3 Å². The number of carbonyl (C=O) groups is 2. The second kappa shape index (κ2) is 7.75.